The molecule has 0 N–H and O–H groups in total. The molecule has 2 rings (SSSR count). The van der Waals surface area contributed by atoms with E-state index in [4.69, 9.17) is 13.9 Å². The first-order valence-electron chi connectivity index (χ1n) is 7.67. The van der Waals surface area contributed by atoms with Crippen molar-refractivity contribution in [2.24, 2.45) is 5.41 Å². The van der Waals surface area contributed by atoms with Gasteiger partial charge in [-0.25, -0.2) is 4.79 Å². The van der Waals surface area contributed by atoms with Crippen molar-refractivity contribution in [1.29, 1.82) is 0 Å². The summed E-state index contributed by atoms with van der Waals surface area (Å²) in [7, 11) is -0.452. The topological polar surface area (TPSA) is 65.1 Å². The molecule has 2 aliphatic heterocycles. The Morgan fingerprint density at radius 1 is 1.32 bits per heavy atom. The summed E-state index contributed by atoms with van der Waals surface area (Å²) in [6, 6.07) is 0. The van der Waals surface area contributed by atoms with Crippen LogP contribution in [0.15, 0.2) is 0 Å². The Morgan fingerprint density at radius 2 is 1.91 bits per heavy atom. The van der Waals surface area contributed by atoms with Crippen molar-refractivity contribution in [2.75, 3.05) is 7.11 Å². The molecular weight excluding hydrogens is 302 g/mol. The van der Waals surface area contributed by atoms with E-state index in [9.17, 15) is 9.59 Å². The number of fused-ring (bicyclic) bond motifs is 1. The Bertz CT molecular complexity index is 481. The molecule has 0 spiro atoms. The van der Waals surface area contributed by atoms with Crippen LogP contribution in [-0.2, 0) is 23.5 Å². The van der Waals surface area contributed by atoms with Crippen LogP contribution in [0.1, 0.15) is 33.6 Å². The molecule has 0 aromatic heterocycles. The van der Waals surface area contributed by atoms with Gasteiger partial charge in [0.2, 0.25) is 5.91 Å². The third kappa shape index (κ3) is 2.70. The first-order valence-corrected chi connectivity index (χ1v) is 11.1. The number of esters is 1. The molecule has 0 unspecified atom stereocenters. The van der Waals surface area contributed by atoms with Gasteiger partial charge >= 0.3 is 5.97 Å². The van der Waals surface area contributed by atoms with Crippen molar-refractivity contribution in [3.63, 3.8) is 0 Å². The minimum atomic E-state index is -1.96. The predicted molar refractivity (Wildman–Crippen MR) is 83.4 cm³/mol. The molecule has 0 aliphatic carbocycles. The lowest BCUT2D eigenvalue weighted by atomic mass is 9.91. The molecule has 6 nitrogen and oxygen atoms in total. The first-order chi connectivity index (χ1) is 9.93. The minimum Gasteiger partial charge on any atom is -0.439 e. The molecule has 126 valence electrons. The molecule has 2 heterocycles. The Balaban J connectivity index is 2.45. The van der Waals surface area contributed by atoms with Gasteiger partial charge in [0.1, 0.15) is 0 Å². The minimum absolute atomic E-state index is 0.0769. The van der Waals surface area contributed by atoms with Crippen LogP contribution in [-0.4, -0.2) is 50.3 Å². The molecular formula is C15H27NO5Si. The highest BCUT2D eigenvalue weighted by Gasteiger charge is 2.68. The SMILES string of the molecule is CO[C@H](O[Si](C)(C)C)[C@@]12CCC(=O)N1[C@@H](C(C)(C)C)OC2=O. The zero-order valence-corrected chi connectivity index (χ0v) is 15.6. The summed E-state index contributed by atoms with van der Waals surface area (Å²) in [6.45, 7) is 11.9. The van der Waals surface area contributed by atoms with Crippen LogP contribution >= 0.6 is 0 Å². The number of nitrogens with zero attached hydrogens (tertiary/aromatic N) is 1. The summed E-state index contributed by atoms with van der Waals surface area (Å²) in [5, 5.41) is 0. The molecule has 0 aromatic rings. The lowest BCUT2D eigenvalue weighted by molar-refractivity contribution is -0.170. The number of hydrogen-bond donors (Lipinski definition) is 0. The smallest absolute Gasteiger partial charge is 0.339 e. The van der Waals surface area contributed by atoms with Crippen LogP contribution in [0.2, 0.25) is 19.6 Å². The molecule has 0 bridgehead atoms. The summed E-state index contributed by atoms with van der Waals surface area (Å²) in [5.74, 6) is -0.490. The average Bonchev–Trinajstić information content (AvgIpc) is 2.83. The Kier molecular flexibility index (Phi) is 4.21. The van der Waals surface area contributed by atoms with E-state index in [-0.39, 0.29) is 11.3 Å². The van der Waals surface area contributed by atoms with Crippen LogP contribution in [0.3, 0.4) is 0 Å². The second-order valence-corrected chi connectivity index (χ2v) is 12.6. The first kappa shape index (κ1) is 17.4. The number of ether oxygens (including phenoxy) is 2. The molecule has 2 saturated heterocycles. The van der Waals surface area contributed by atoms with Gasteiger partial charge in [-0.05, 0) is 26.1 Å². The maximum Gasteiger partial charge on any atom is 0.339 e. The van der Waals surface area contributed by atoms with Crippen LogP contribution < -0.4 is 0 Å². The number of carbonyl (C=O) groups excluding carboxylic acids is 2. The van der Waals surface area contributed by atoms with E-state index < -0.39 is 32.3 Å². The summed E-state index contributed by atoms with van der Waals surface area (Å²) >= 11 is 0. The zero-order valence-electron chi connectivity index (χ0n) is 14.6. The monoisotopic (exact) mass is 329 g/mol. The van der Waals surface area contributed by atoms with E-state index in [1.54, 1.807) is 4.90 Å². The van der Waals surface area contributed by atoms with Crippen LogP contribution in [0.5, 0.6) is 0 Å². The Morgan fingerprint density at radius 3 is 2.36 bits per heavy atom. The number of rotatable bonds is 4. The van der Waals surface area contributed by atoms with E-state index in [1.165, 1.54) is 7.11 Å². The van der Waals surface area contributed by atoms with Crippen molar-refractivity contribution in [3.05, 3.63) is 0 Å². The second-order valence-electron chi connectivity index (χ2n) is 8.11. The summed E-state index contributed by atoms with van der Waals surface area (Å²) in [6.07, 6.45) is -0.681. The van der Waals surface area contributed by atoms with Gasteiger partial charge in [0, 0.05) is 18.9 Å². The largest absolute Gasteiger partial charge is 0.439 e. The molecule has 0 radical (unpaired) electrons. The van der Waals surface area contributed by atoms with Gasteiger partial charge in [0.15, 0.2) is 26.4 Å². The van der Waals surface area contributed by atoms with Crippen molar-refractivity contribution in [2.45, 2.75) is 71.3 Å². The third-order valence-electron chi connectivity index (χ3n) is 4.03. The Hall–Kier alpha value is -0.923. The van der Waals surface area contributed by atoms with Gasteiger partial charge in [-0.3, -0.25) is 9.69 Å². The fraction of sp³-hybridized carbons (Fsp3) is 0.867. The van der Waals surface area contributed by atoms with Crippen LogP contribution in [0, 0.1) is 5.41 Å². The van der Waals surface area contributed by atoms with E-state index in [0.29, 0.717) is 12.8 Å². The lowest BCUT2D eigenvalue weighted by Gasteiger charge is -2.40. The highest BCUT2D eigenvalue weighted by molar-refractivity contribution is 6.69. The average molecular weight is 329 g/mol. The number of amides is 1. The van der Waals surface area contributed by atoms with Gasteiger partial charge in [0.05, 0.1) is 0 Å². The van der Waals surface area contributed by atoms with Crippen molar-refractivity contribution < 1.29 is 23.5 Å². The van der Waals surface area contributed by atoms with E-state index in [0.717, 1.165) is 0 Å². The number of methoxy groups -OCH3 is 1. The Labute approximate surface area is 133 Å². The molecule has 7 heteroatoms. The normalized spacial score (nSPS) is 30.5. The van der Waals surface area contributed by atoms with Gasteiger partial charge in [-0.1, -0.05) is 20.8 Å². The third-order valence-corrected chi connectivity index (χ3v) is 4.95. The van der Waals surface area contributed by atoms with E-state index >= 15 is 0 Å². The van der Waals surface area contributed by atoms with E-state index in [1.807, 2.05) is 40.4 Å². The highest BCUT2D eigenvalue weighted by Crippen LogP contribution is 2.47. The number of hydrogen-bond acceptors (Lipinski definition) is 5. The standard InChI is InChI=1S/C15H27NO5Si/c1-14(2,3)11-16-10(17)8-9-15(16,12(18)20-11)13(19-4)21-22(5,6)7/h11,13H,8-9H2,1-7H3/t11-,13-,15+/m1/s1. The summed E-state index contributed by atoms with van der Waals surface area (Å²) in [4.78, 5) is 26.7. The van der Waals surface area contributed by atoms with Crippen molar-refractivity contribution >= 4 is 20.2 Å². The van der Waals surface area contributed by atoms with Gasteiger partial charge in [-0.15, -0.1) is 0 Å². The molecule has 2 aliphatic rings. The van der Waals surface area contributed by atoms with Gasteiger partial charge in [0.25, 0.3) is 0 Å². The summed E-state index contributed by atoms with van der Waals surface area (Å²) < 4.78 is 17.2. The fourth-order valence-electron chi connectivity index (χ4n) is 3.11. The maximum absolute atomic E-state index is 12.7. The molecule has 0 saturated carbocycles. The fourth-order valence-corrected chi connectivity index (χ4v) is 4.04. The highest BCUT2D eigenvalue weighted by atomic mass is 28.4. The maximum atomic E-state index is 12.7. The predicted octanol–water partition coefficient (Wildman–Crippen LogP) is 2.10. The van der Waals surface area contributed by atoms with E-state index in [2.05, 4.69) is 0 Å². The van der Waals surface area contributed by atoms with Gasteiger partial charge in [-0.2, -0.15) is 0 Å². The second kappa shape index (κ2) is 5.32. The lowest BCUT2D eigenvalue weighted by Crippen LogP contribution is -2.60. The van der Waals surface area contributed by atoms with Gasteiger partial charge < -0.3 is 13.9 Å². The number of carbonyl (C=O) groups is 2. The molecule has 0 aromatic carbocycles. The van der Waals surface area contributed by atoms with Crippen LogP contribution in [0.25, 0.3) is 0 Å². The van der Waals surface area contributed by atoms with Crippen molar-refractivity contribution in [1.82, 2.24) is 4.90 Å². The molecule has 22 heavy (non-hydrogen) atoms. The molecule has 3 atom stereocenters. The molecule has 2 fully saturated rings. The molecule has 1 amide bonds. The van der Waals surface area contributed by atoms with Crippen molar-refractivity contribution in [3.8, 4) is 0 Å². The quantitative estimate of drug-likeness (QED) is 0.449. The number of cyclic esters (lactones) is 1. The zero-order chi connectivity index (χ0) is 16.9. The summed E-state index contributed by atoms with van der Waals surface area (Å²) in [5.41, 5.74) is -1.51. The van der Waals surface area contributed by atoms with Crippen LogP contribution in [0.4, 0.5) is 0 Å².